The van der Waals surface area contributed by atoms with Crippen LogP contribution >= 0.6 is 0 Å². The second-order valence-corrected chi connectivity index (χ2v) is 3.73. The number of carbonyl (C=O) groups is 1. The van der Waals surface area contributed by atoms with Crippen molar-refractivity contribution >= 4 is 5.97 Å². The van der Waals surface area contributed by atoms with Gasteiger partial charge < -0.3 is 9.84 Å². The molecular formula is C13H18O3. The Kier molecular flexibility index (Phi) is 4.07. The van der Waals surface area contributed by atoms with Gasteiger partial charge in [-0.1, -0.05) is 26.5 Å². The predicted octanol–water partition coefficient (Wildman–Crippen LogP) is 2.48. The molecule has 1 aliphatic carbocycles. The topological polar surface area (TPSA) is 46.5 Å². The van der Waals surface area contributed by atoms with Crippen LogP contribution in [0.4, 0.5) is 0 Å². The monoisotopic (exact) mass is 222 g/mol. The molecule has 1 unspecified atom stereocenters. The van der Waals surface area contributed by atoms with Gasteiger partial charge in [0.2, 0.25) is 0 Å². The van der Waals surface area contributed by atoms with E-state index in [1.54, 1.807) is 12.2 Å². The van der Waals surface area contributed by atoms with Crippen molar-refractivity contribution in [3.8, 4) is 0 Å². The van der Waals surface area contributed by atoms with Gasteiger partial charge in [-0.15, -0.1) is 0 Å². The van der Waals surface area contributed by atoms with Gasteiger partial charge >= 0.3 is 5.97 Å². The van der Waals surface area contributed by atoms with Gasteiger partial charge in [0.25, 0.3) is 0 Å². The number of esters is 1. The fourth-order valence-corrected chi connectivity index (χ4v) is 1.75. The highest BCUT2D eigenvalue weighted by Crippen LogP contribution is 2.33. The van der Waals surface area contributed by atoms with Crippen LogP contribution in [-0.2, 0) is 9.53 Å². The van der Waals surface area contributed by atoms with Crippen molar-refractivity contribution in [2.75, 3.05) is 0 Å². The summed E-state index contributed by atoms with van der Waals surface area (Å²) in [4.78, 5) is 11.4. The molecular weight excluding hydrogens is 204 g/mol. The summed E-state index contributed by atoms with van der Waals surface area (Å²) in [5, 5.41) is 9.49. The van der Waals surface area contributed by atoms with E-state index in [9.17, 15) is 9.90 Å². The van der Waals surface area contributed by atoms with Gasteiger partial charge in [-0.25, -0.2) is 4.79 Å². The summed E-state index contributed by atoms with van der Waals surface area (Å²) in [6.45, 7) is 1.88. The molecule has 1 N–H and O–H groups in total. The summed E-state index contributed by atoms with van der Waals surface area (Å²) in [5.41, 5.74) is 1.59. The highest BCUT2D eigenvalue weighted by molar-refractivity contribution is 5.97. The number of hydrogen-bond acceptors (Lipinski definition) is 3. The molecule has 0 spiro atoms. The molecule has 0 bridgehead atoms. The molecule has 0 radical (unpaired) electrons. The third-order valence-electron chi connectivity index (χ3n) is 2.65. The van der Waals surface area contributed by atoms with E-state index in [1.165, 1.54) is 0 Å². The van der Waals surface area contributed by atoms with E-state index in [0.29, 0.717) is 17.8 Å². The van der Waals surface area contributed by atoms with Crippen molar-refractivity contribution in [3.63, 3.8) is 0 Å². The van der Waals surface area contributed by atoms with E-state index in [1.807, 2.05) is 13.0 Å². The highest BCUT2D eigenvalue weighted by Gasteiger charge is 2.29. The van der Waals surface area contributed by atoms with Crippen LogP contribution in [-0.4, -0.2) is 17.2 Å². The lowest BCUT2D eigenvalue weighted by atomic mass is 9.97. The maximum Gasteiger partial charge on any atom is 0.343 e. The fraction of sp³-hybridized carbons (Fsp3) is 0.462. The van der Waals surface area contributed by atoms with Crippen molar-refractivity contribution < 1.29 is 14.6 Å². The van der Waals surface area contributed by atoms with Gasteiger partial charge in [0.15, 0.2) is 0 Å². The van der Waals surface area contributed by atoms with Crippen LogP contribution in [0.15, 0.2) is 35.1 Å². The largest absolute Gasteiger partial charge is 0.423 e. The zero-order chi connectivity index (χ0) is 10.8. The quantitative estimate of drug-likeness (QED) is 0.730. The second-order valence-electron chi connectivity index (χ2n) is 3.73. The first-order valence-electron chi connectivity index (χ1n) is 5.24. The number of aliphatic hydroxyl groups excluding tert-OH is 1. The SMILES string of the molecule is C.CCC(O)/C=C1\OC(=O)C2=C1CCC=C2. The van der Waals surface area contributed by atoms with Crippen LogP contribution in [0, 0.1) is 0 Å². The van der Waals surface area contributed by atoms with Gasteiger partial charge in [-0.2, -0.15) is 0 Å². The Bertz CT molecular complexity index is 375. The van der Waals surface area contributed by atoms with Gasteiger partial charge in [0.1, 0.15) is 5.76 Å². The van der Waals surface area contributed by atoms with Crippen LogP contribution < -0.4 is 0 Å². The Morgan fingerprint density at radius 1 is 1.62 bits per heavy atom. The molecule has 0 aromatic carbocycles. The fourth-order valence-electron chi connectivity index (χ4n) is 1.75. The number of cyclic esters (lactones) is 1. The lowest BCUT2D eigenvalue weighted by Crippen LogP contribution is -2.02. The molecule has 3 nitrogen and oxygen atoms in total. The Morgan fingerprint density at radius 3 is 3.06 bits per heavy atom. The van der Waals surface area contributed by atoms with Gasteiger partial charge in [0.05, 0.1) is 11.7 Å². The smallest absolute Gasteiger partial charge is 0.343 e. The molecule has 2 aliphatic rings. The van der Waals surface area contributed by atoms with Crippen molar-refractivity contribution in [3.05, 3.63) is 35.1 Å². The number of allylic oxidation sites excluding steroid dienone is 2. The maximum atomic E-state index is 11.4. The molecule has 1 aliphatic heterocycles. The minimum atomic E-state index is -0.537. The first-order valence-corrected chi connectivity index (χ1v) is 5.24. The van der Waals surface area contributed by atoms with Gasteiger partial charge in [0, 0.05) is 5.57 Å². The van der Waals surface area contributed by atoms with E-state index in [4.69, 9.17) is 4.74 Å². The molecule has 1 heterocycles. The zero-order valence-electron chi connectivity index (χ0n) is 8.69. The lowest BCUT2D eigenvalue weighted by Gasteiger charge is -2.07. The standard InChI is InChI=1S/C12H14O3.CH4/c1-2-8(13)7-11-9-5-3-4-6-10(9)12(14)15-11;/h4,6-8,13H,2-3,5H2,1H3;1H4/b11-7-;. The van der Waals surface area contributed by atoms with E-state index in [-0.39, 0.29) is 13.4 Å². The number of aliphatic hydroxyl groups is 1. The summed E-state index contributed by atoms with van der Waals surface area (Å²) >= 11 is 0. The van der Waals surface area contributed by atoms with E-state index < -0.39 is 6.10 Å². The minimum Gasteiger partial charge on any atom is -0.423 e. The van der Waals surface area contributed by atoms with Crippen LogP contribution in [0.1, 0.15) is 33.6 Å². The average molecular weight is 222 g/mol. The summed E-state index contributed by atoms with van der Waals surface area (Å²) in [6, 6.07) is 0. The molecule has 1 atom stereocenters. The molecule has 2 rings (SSSR count). The molecule has 0 amide bonds. The molecule has 88 valence electrons. The lowest BCUT2D eigenvalue weighted by molar-refractivity contribution is -0.132. The molecule has 3 heteroatoms. The van der Waals surface area contributed by atoms with Crippen molar-refractivity contribution in [2.24, 2.45) is 0 Å². The van der Waals surface area contributed by atoms with Crippen LogP contribution in [0.5, 0.6) is 0 Å². The summed E-state index contributed by atoms with van der Waals surface area (Å²) in [7, 11) is 0. The second kappa shape index (κ2) is 5.12. The van der Waals surface area contributed by atoms with Crippen LogP contribution in [0.3, 0.4) is 0 Å². The van der Waals surface area contributed by atoms with Gasteiger partial charge in [-0.3, -0.25) is 0 Å². The highest BCUT2D eigenvalue weighted by atomic mass is 16.5. The normalized spacial score (nSPS) is 22.9. The third kappa shape index (κ3) is 2.25. The first-order chi connectivity index (χ1) is 7.22. The van der Waals surface area contributed by atoms with Crippen LogP contribution in [0.25, 0.3) is 0 Å². The Balaban J connectivity index is 0.00000128. The molecule has 16 heavy (non-hydrogen) atoms. The Hall–Kier alpha value is -1.35. The van der Waals surface area contributed by atoms with E-state index in [2.05, 4.69) is 0 Å². The Labute approximate surface area is 96.1 Å². The third-order valence-corrected chi connectivity index (χ3v) is 2.65. The van der Waals surface area contributed by atoms with Crippen LogP contribution in [0.2, 0.25) is 0 Å². The summed E-state index contributed by atoms with van der Waals surface area (Å²) in [6.07, 6.45) is 7.23. The van der Waals surface area contributed by atoms with Crippen molar-refractivity contribution in [2.45, 2.75) is 39.7 Å². The molecule has 0 saturated heterocycles. The van der Waals surface area contributed by atoms with Crippen molar-refractivity contribution in [1.29, 1.82) is 0 Å². The molecule has 0 saturated carbocycles. The predicted molar refractivity (Wildman–Crippen MR) is 62.6 cm³/mol. The average Bonchev–Trinajstić information content (AvgIpc) is 2.57. The number of hydrogen-bond donors (Lipinski definition) is 1. The summed E-state index contributed by atoms with van der Waals surface area (Å²) in [5.74, 6) is 0.254. The molecule has 0 aromatic heterocycles. The molecule has 0 fully saturated rings. The first kappa shape index (κ1) is 12.7. The number of carbonyl (C=O) groups excluding carboxylic acids is 1. The molecule has 0 aromatic rings. The summed E-state index contributed by atoms with van der Waals surface area (Å²) < 4.78 is 5.12. The van der Waals surface area contributed by atoms with E-state index in [0.717, 1.165) is 18.4 Å². The maximum absolute atomic E-state index is 11.4. The minimum absolute atomic E-state index is 0. The van der Waals surface area contributed by atoms with Gasteiger partial charge in [-0.05, 0) is 25.3 Å². The number of ether oxygens (including phenoxy) is 1. The number of rotatable bonds is 2. The van der Waals surface area contributed by atoms with E-state index >= 15 is 0 Å². The zero-order valence-corrected chi connectivity index (χ0v) is 8.69. The van der Waals surface area contributed by atoms with Crippen molar-refractivity contribution in [1.82, 2.24) is 0 Å². The Morgan fingerprint density at radius 2 is 2.38 bits per heavy atom.